The molecule has 0 spiro atoms. The van der Waals surface area contributed by atoms with Gasteiger partial charge >= 0.3 is 18.3 Å². The Morgan fingerprint density at radius 2 is 0.640 bits per heavy atom. The van der Waals surface area contributed by atoms with E-state index in [2.05, 4.69) is 160 Å². The van der Waals surface area contributed by atoms with Crippen LogP contribution in [0.5, 0.6) is 0 Å². The van der Waals surface area contributed by atoms with Crippen LogP contribution in [0, 0.1) is 17.5 Å². The Balaban J connectivity index is -0.000000371. The van der Waals surface area contributed by atoms with Crippen LogP contribution in [0.3, 0.4) is 0 Å². The summed E-state index contributed by atoms with van der Waals surface area (Å²) in [6, 6.07) is 14.4. The molecule has 6 rings (SSSR count). The topological polar surface area (TPSA) is 389 Å². The second-order valence-electron chi connectivity index (χ2n) is 40.6. The van der Waals surface area contributed by atoms with E-state index in [0.717, 1.165) is 8.95 Å². The van der Waals surface area contributed by atoms with Crippen LogP contribution in [0.4, 0.5) is 33.2 Å². The summed E-state index contributed by atoms with van der Waals surface area (Å²) in [5.41, 5.74) is 12.0. The van der Waals surface area contributed by atoms with Crippen molar-refractivity contribution in [3.63, 3.8) is 0 Å². The molecular weight excluding hydrogens is 1670 g/mol. The highest BCUT2D eigenvalue weighted by atomic mass is 79.9. The van der Waals surface area contributed by atoms with E-state index in [1.807, 2.05) is 83.1 Å². The Bertz CT molecular complexity index is 3460. The summed E-state index contributed by atoms with van der Waals surface area (Å²) >= 11 is 6.98. The molecule has 15 N–H and O–H groups in total. The number of nitrogens with zero attached hydrogens (tertiary/aromatic N) is 6. The minimum Gasteiger partial charge on any atom is -0.443 e. The molecule has 3 aliphatic rings. The number of halogens is 5. The largest absolute Gasteiger partial charge is 0.443 e. The van der Waals surface area contributed by atoms with Crippen molar-refractivity contribution in [1.82, 2.24) is 20.9 Å². The van der Waals surface area contributed by atoms with Gasteiger partial charge < -0.3 is 82.4 Å². The van der Waals surface area contributed by atoms with Crippen LogP contribution in [0.15, 0.2) is 78.5 Å². The molecule has 3 aliphatic heterocycles. The number of anilines is 1. The highest BCUT2D eigenvalue weighted by molar-refractivity contribution is 9.10. The number of methoxy groups -OCH3 is 3. The number of hydrogen-bond donors (Lipinski definition) is 4. The minimum absolute atomic E-state index is 0. The molecule has 0 aromatic heterocycles. The molecule has 3 heterocycles. The smallest absolute Gasteiger partial charge is 0.417 e. The molecule has 3 atom stereocenters. The molecule has 25 nitrogen and oxygen atoms in total. The fourth-order valence-corrected chi connectivity index (χ4v) is 26.7. The number of benzene rings is 3. The van der Waals surface area contributed by atoms with E-state index in [0.29, 0.717) is 96.8 Å². The van der Waals surface area contributed by atoms with Crippen molar-refractivity contribution in [2.24, 2.45) is 26.4 Å². The highest BCUT2D eigenvalue weighted by Gasteiger charge is 2.69. The lowest BCUT2D eigenvalue weighted by atomic mass is 9.92. The fraction of sp³-hybridized carbons (Fsp3) is 0.704. The van der Waals surface area contributed by atoms with Crippen LogP contribution >= 0.6 is 56.7 Å². The van der Waals surface area contributed by atoms with E-state index in [-0.39, 0.29) is 70.5 Å². The predicted molar refractivity (Wildman–Crippen MR) is 493 cm³/mol. The van der Waals surface area contributed by atoms with Crippen LogP contribution in [0.2, 0.25) is 0 Å². The number of amides is 3. The maximum Gasteiger partial charge on any atom is 0.417 e. The number of hydrogen-bond acceptors (Lipinski definition) is 19. The summed E-state index contributed by atoms with van der Waals surface area (Å²) in [5.74, 6) is 2.44. The van der Waals surface area contributed by atoms with Gasteiger partial charge in [-0.3, -0.25) is 39.9 Å². The maximum absolute atomic E-state index is 15.3. The minimum atomic E-state index is -3.09. The first-order valence-corrected chi connectivity index (χ1v) is 50.7. The first-order chi connectivity index (χ1) is 48.7. The van der Waals surface area contributed by atoms with Crippen molar-refractivity contribution in [3.8, 4) is 0 Å². The van der Waals surface area contributed by atoms with Crippen LogP contribution < -0.4 is 23.4 Å². The number of nitrogens with two attached hydrogens (primary N) is 3. The fourth-order valence-electron chi connectivity index (χ4n) is 13.6. The summed E-state index contributed by atoms with van der Waals surface area (Å²) in [4.78, 5) is 60.5. The Morgan fingerprint density at radius 1 is 0.430 bits per heavy atom. The first-order valence-electron chi connectivity index (χ1n) is 36.3. The molecule has 0 saturated heterocycles. The van der Waals surface area contributed by atoms with Crippen molar-refractivity contribution in [2.45, 2.75) is 180 Å². The van der Waals surface area contributed by atoms with Gasteiger partial charge in [-0.1, -0.05) is 39.3 Å². The number of amidine groups is 3. The van der Waals surface area contributed by atoms with E-state index >= 15 is 13.2 Å². The van der Waals surface area contributed by atoms with Gasteiger partial charge in [0.15, 0.2) is 0 Å². The molecular formula is C81H161Br2F3N10O15S3. The average Bonchev–Trinajstić information content (AvgIpc) is 0.674. The summed E-state index contributed by atoms with van der Waals surface area (Å²) in [6.45, 7) is 36.8. The van der Waals surface area contributed by atoms with Gasteiger partial charge in [-0.25, -0.2) is 42.3 Å². The second-order valence-corrected chi connectivity index (χ2v) is 73.7. The van der Waals surface area contributed by atoms with Crippen molar-refractivity contribution < 1.29 is 89.5 Å². The molecule has 0 bridgehead atoms. The molecule has 114 heavy (non-hydrogen) atoms. The SMILES string of the molecule is C.CN.CN.COCCOCN(C(=O)OC(C)(C)C)C1=N[C@](C)(c2cc(Br)ccc2F)CS(C)(C)(C)(C)C1(C)C.COCCOCN(C(=O)OC(C)(C)C)C1=N[C@](C)(c2cc(Br)ccc2F)CS(C)(C)(C)(C)C1(C)C.COCCOCN(C(=O)OC(C)(C)C)C1=N[C@](C)(c2cc(N)ccc2F)CS(C)(C)(C)(C)C1(C)C.N.O.O.O.[HH].[HH]. The van der Waals surface area contributed by atoms with Gasteiger partial charge in [-0.2, -0.15) is 0 Å². The number of ether oxygens (including phenoxy) is 9. The van der Waals surface area contributed by atoms with Crippen molar-refractivity contribution in [3.05, 3.63) is 97.7 Å². The number of aliphatic imine (C=N–C) groups is 3. The third-order valence-electron chi connectivity index (χ3n) is 21.8. The Morgan fingerprint density at radius 3 is 0.851 bits per heavy atom. The molecule has 3 amide bonds. The third kappa shape index (κ3) is 27.3. The quantitative estimate of drug-likeness (QED) is 0.0398. The van der Waals surface area contributed by atoms with E-state index in [1.165, 1.54) is 47.0 Å². The van der Waals surface area contributed by atoms with Gasteiger partial charge in [0.25, 0.3) is 0 Å². The van der Waals surface area contributed by atoms with E-state index in [4.69, 9.17) is 63.3 Å². The maximum atomic E-state index is 15.3. The molecule has 3 aromatic rings. The molecule has 0 saturated carbocycles. The summed E-state index contributed by atoms with van der Waals surface area (Å²) in [5, 5.41) is 0. The standard InChI is InChI=1S/2C26H44BrFN2O4S.C26H46FN3O4S.2CH5N.CH4.H3N.3H2O.2H2/c2*1-24(2,3)34-23(31)30(18-33-15-14-32-7)22-25(4,5)35(8,9,10,11)17-26(6,29-22)20-16-19(27)12-13-21(20)28;1-24(2,3)34-23(31)30(18-33-15-14-32-7)22-25(4,5)35(8,9,10,11)17-26(6,29-22)20-16-19(28)12-13-21(20)27;2*1-2;;;;;;;/h2*12-13,16H,14-15,17-18H2,1-11H3;12-13,16H,14-15,17-18,28H2,1-11H3;2*2H2,1H3;1H4;1H3;3*1H2;2*1H/t3*26-;;;;;;;;;/m000........./s1. The van der Waals surface area contributed by atoms with Crippen molar-refractivity contribution in [2.75, 3.05) is 193 Å². The van der Waals surface area contributed by atoms with Gasteiger partial charge in [0, 0.05) is 69.7 Å². The number of rotatable bonds is 18. The summed E-state index contributed by atoms with van der Waals surface area (Å²) < 4.78 is 95.8. The van der Waals surface area contributed by atoms with Gasteiger partial charge in [0.2, 0.25) is 0 Å². The third-order valence-corrected chi connectivity index (χ3v) is 43.4. The number of carbonyl (C=O) groups is 3. The monoisotopic (exact) mass is 1820 g/mol. The number of nitrogen functional groups attached to an aromatic ring is 1. The zero-order valence-electron chi connectivity index (χ0n) is 75.3. The van der Waals surface area contributed by atoms with Crippen molar-refractivity contribution in [1.29, 1.82) is 0 Å². The molecule has 0 radical (unpaired) electrons. The summed E-state index contributed by atoms with van der Waals surface area (Å²) in [7, 11) is -1.44. The average molecular weight is 1830 g/mol. The number of carbonyl (C=O) groups excluding carboxylic acids is 3. The van der Waals surface area contributed by atoms with Gasteiger partial charge in [-0.05, 0) is 286 Å². The Hall–Kier alpha value is -4.40. The van der Waals surface area contributed by atoms with Crippen molar-refractivity contribution >= 4 is 98.2 Å². The van der Waals surface area contributed by atoms with Gasteiger partial charge in [-0.15, -0.1) is 0 Å². The molecule has 0 fully saturated rings. The molecule has 0 unspecified atom stereocenters. The van der Waals surface area contributed by atoms with Gasteiger partial charge in [0.1, 0.15) is 72.0 Å². The lowest BCUT2D eigenvalue weighted by Crippen LogP contribution is -2.67. The molecule has 678 valence electrons. The van der Waals surface area contributed by atoms with Crippen LogP contribution in [0.1, 0.15) is 152 Å². The zero-order valence-corrected chi connectivity index (χ0v) is 80.9. The van der Waals surface area contributed by atoms with Crippen LogP contribution in [-0.4, -0.2) is 286 Å². The normalized spacial score (nSPS) is 24.4. The van der Waals surface area contributed by atoms with E-state index < -0.39 is 90.8 Å². The summed E-state index contributed by atoms with van der Waals surface area (Å²) in [6.07, 6.45) is 25.6. The highest BCUT2D eigenvalue weighted by Crippen LogP contribution is 2.91. The lowest BCUT2D eigenvalue weighted by Gasteiger charge is -2.81. The van der Waals surface area contributed by atoms with Gasteiger partial charge in [0.05, 0.1) is 56.3 Å². The van der Waals surface area contributed by atoms with E-state index in [1.54, 1.807) is 57.7 Å². The zero-order chi connectivity index (χ0) is 85.5. The Kier molecular flexibility index (Phi) is 38.8. The van der Waals surface area contributed by atoms with Crippen LogP contribution in [0.25, 0.3) is 0 Å². The molecule has 33 heteroatoms. The first kappa shape index (κ1) is 116. The molecule has 3 aromatic carbocycles. The predicted octanol–water partition coefficient (Wildman–Crippen LogP) is 15.5. The molecule has 0 aliphatic carbocycles. The van der Waals surface area contributed by atoms with E-state index in [9.17, 15) is 14.4 Å². The lowest BCUT2D eigenvalue weighted by molar-refractivity contribution is -0.00391. The Labute approximate surface area is 701 Å². The van der Waals surface area contributed by atoms with Crippen LogP contribution in [-0.2, 0) is 59.2 Å². The second kappa shape index (κ2) is 38.1.